The molecule has 0 amide bonds. The molecule has 1 saturated heterocycles. The van der Waals surface area contributed by atoms with E-state index in [0.717, 1.165) is 37.2 Å². The first kappa shape index (κ1) is 10.9. The Labute approximate surface area is 106 Å². The topological polar surface area (TPSA) is 50.2 Å². The fourth-order valence-electron chi connectivity index (χ4n) is 2.26. The molecule has 0 aliphatic carbocycles. The number of nitrogens with one attached hydrogen (secondary N) is 1. The monoisotopic (exact) mass is 292 g/mol. The second-order valence-electron chi connectivity index (χ2n) is 4.05. The summed E-state index contributed by atoms with van der Waals surface area (Å²) in [5.41, 5.74) is 2.03. The maximum absolute atomic E-state index is 11.1. The van der Waals surface area contributed by atoms with Gasteiger partial charge in [-0.05, 0) is 0 Å². The molecule has 3 heterocycles. The van der Waals surface area contributed by atoms with Crippen LogP contribution in [0.4, 0.5) is 5.69 Å². The van der Waals surface area contributed by atoms with E-state index >= 15 is 0 Å². The van der Waals surface area contributed by atoms with Crippen molar-refractivity contribution in [2.24, 2.45) is 0 Å². The van der Waals surface area contributed by atoms with Gasteiger partial charge in [0.15, 0.2) is 0 Å². The van der Waals surface area contributed by atoms with E-state index in [1.165, 1.54) is 5.69 Å². The van der Waals surface area contributed by atoms with Crippen LogP contribution in [-0.2, 0) is 3.74 Å². The summed E-state index contributed by atoms with van der Waals surface area (Å²) in [5.74, 6) is 0. The van der Waals surface area contributed by atoms with Crippen molar-refractivity contribution < 1.29 is 3.74 Å². The van der Waals surface area contributed by atoms with Crippen LogP contribution in [0.1, 0.15) is 0 Å². The predicted octanol–water partition coefficient (Wildman–Crippen LogP) is 0.259. The Hall–Kier alpha value is -1.19. The third-order valence-corrected chi connectivity index (χ3v) is 4.14. The van der Waals surface area contributed by atoms with Gasteiger partial charge in [0.05, 0.1) is 0 Å². The maximum atomic E-state index is 11.1. The molecular weight excluding hydrogens is 279 g/mol. The molecule has 3 rings (SSSR count). The number of aromatic nitrogens is 2. The van der Waals surface area contributed by atoms with Crippen LogP contribution in [0.5, 0.6) is 0 Å². The molecule has 0 atom stereocenters. The number of pyridine rings is 1. The molecule has 0 aromatic carbocycles. The van der Waals surface area contributed by atoms with E-state index in [9.17, 15) is 3.74 Å². The standard InChI is InChI=1S/C11H13AsN4O/c17-12-16-6-2-9-10(1-3-14-11(9)16)15-7-4-13-5-8-15/h1-3,6,13H,4-5,7-8H2. The molecule has 1 aliphatic rings. The van der Waals surface area contributed by atoms with Crippen molar-refractivity contribution in [2.75, 3.05) is 31.1 Å². The number of piperazine rings is 1. The Morgan fingerprint density at radius 2 is 2.12 bits per heavy atom. The van der Waals surface area contributed by atoms with Crippen LogP contribution in [0.25, 0.3) is 11.0 Å². The summed E-state index contributed by atoms with van der Waals surface area (Å²) < 4.78 is 12.8. The van der Waals surface area contributed by atoms with E-state index in [1.54, 1.807) is 9.68 Å². The number of rotatable bonds is 2. The normalized spacial score (nSPS) is 16.8. The molecule has 0 radical (unpaired) electrons. The van der Waals surface area contributed by atoms with E-state index < -0.39 is 15.9 Å². The van der Waals surface area contributed by atoms with Crippen LogP contribution in [0.2, 0.25) is 0 Å². The molecule has 0 spiro atoms. The van der Waals surface area contributed by atoms with E-state index in [1.807, 2.05) is 18.3 Å². The zero-order valence-corrected chi connectivity index (χ0v) is 11.2. The van der Waals surface area contributed by atoms with E-state index in [0.29, 0.717) is 0 Å². The SMILES string of the molecule is O=[As]n1ccc2c(N3CCNCC3)ccnc21. The van der Waals surface area contributed by atoms with Crippen molar-refractivity contribution in [2.45, 2.75) is 0 Å². The fourth-order valence-corrected chi connectivity index (χ4v) is 3.01. The van der Waals surface area contributed by atoms with Gasteiger partial charge in [-0.3, -0.25) is 0 Å². The van der Waals surface area contributed by atoms with Crippen LogP contribution < -0.4 is 10.2 Å². The van der Waals surface area contributed by atoms with Gasteiger partial charge in [-0.15, -0.1) is 0 Å². The fraction of sp³-hybridized carbons (Fsp3) is 0.364. The number of hydrogen-bond acceptors (Lipinski definition) is 4. The molecule has 0 saturated carbocycles. The molecule has 1 aliphatic heterocycles. The van der Waals surface area contributed by atoms with Crippen LogP contribution in [0.15, 0.2) is 24.5 Å². The van der Waals surface area contributed by atoms with Crippen molar-refractivity contribution >= 4 is 32.6 Å². The zero-order valence-electron chi connectivity index (χ0n) is 9.33. The molecule has 5 nitrogen and oxygen atoms in total. The van der Waals surface area contributed by atoms with Crippen molar-refractivity contribution in [3.05, 3.63) is 24.5 Å². The Balaban J connectivity index is 2.09. The van der Waals surface area contributed by atoms with Gasteiger partial charge in [-0.1, -0.05) is 0 Å². The van der Waals surface area contributed by atoms with Crippen molar-refractivity contribution in [3.8, 4) is 0 Å². The van der Waals surface area contributed by atoms with E-state index in [2.05, 4.69) is 15.2 Å². The van der Waals surface area contributed by atoms with Crippen molar-refractivity contribution in [1.29, 1.82) is 0 Å². The minimum atomic E-state index is -1.07. The Morgan fingerprint density at radius 3 is 2.88 bits per heavy atom. The molecule has 6 heteroatoms. The minimum absolute atomic E-state index is 0.830. The van der Waals surface area contributed by atoms with Gasteiger partial charge in [0.25, 0.3) is 0 Å². The second kappa shape index (κ2) is 4.59. The zero-order chi connectivity index (χ0) is 11.7. The average molecular weight is 292 g/mol. The van der Waals surface area contributed by atoms with Crippen LogP contribution in [0, 0.1) is 0 Å². The number of nitrogens with zero attached hydrogens (tertiary/aromatic N) is 3. The molecule has 2 aromatic heterocycles. The van der Waals surface area contributed by atoms with Gasteiger partial charge in [-0.2, -0.15) is 0 Å². The number of hydrogen-bond donors (Lipinski definition) is 1. The van der Waals surface area contributed by atoms with Gasteiger partial charge in [0.2, 0.25) is 0 Å². The van der Waals surface area contributed by atoms with Crippen LogP contribution >= 0.6 is 0 Å². The molecule has 2 aromatic rings. The summed E-state index contributed by atoms with van der Waals surface area (Å²) in [6.45, 7) is 4.04. The first-order valence-electron chi connectivity index (χ1n) is 5.65. The first-order chi connectivity index (χ1) is 8.40. The second-order valence-corrected chi connectivity index (χ2v) is 5.29. The molecule has 0 unspecified atom stereocenters. The van der Waals surface area contributed by atoms with E-state index in [-0.39, 0.29) is 0 Å². The van der Waals surface area contributed by atoms with Crippen molar-refractivity contribution in [1.82, 2.24) is 13.8 Å². The molecule has 17 heavy (non-hydrogen) atoms. The van der Waals surface area contributed by atoms with Crippen molar-refractivity contribution in [3.63, 3.8) is 0 Å². The summed E-state index contributed by atoms with van der Waals surface area (Å²) in [6, 6.07) is 4.05. The van der Waals surface area contributed by atoms with Gasteiger partial charge >= 0.3 is 106 Å². The average Bonchev–Trinajstić information content (AvgIpc) is 2.82. The molecule has 88 valence electrons. The Kier molecular flexibility index (Phi) is 2.95. The van der Waals surface area contributed by atoms with Crippen LogP contribution in [-0.4, -0.2) is 50.6 Å². The summed E-state index contributed by atoms with van der Waals surface area (Å²) in [5, 5.41) is 4.44. The Morgan fingerprint density at radius 1 is 1.29 bits per heavy atom. The predicted molar refractivity (Wildman–Crippen MR) is 66.7 cm³/mol. The van der Waals surface area contributed by atoms with Gasteiger partial charge < -0.3 is 0 Å². The summed E-state index contributed by atoms with van der Waals surface area (Å²) in [6.07, 6.45) is 3.66. The summed E-state index contributed by atoms with van der Waals surface area (Å²) >= 11 is -1.07. The van der Waals surface area contributed by atoms with Crippen LogP contribution in [0.3, 0.4) is 0 Å². The Bertz CT molecular complexity index is 547. The number of fused-ring (bicyclic) bond motifs is 1. The molecule has 1 N–H and O–H groups in total. The quantitative estimate of drug-likeness (QED) is 0.807. The third-order valence-electron chi connectivity index (χ3n) is 3.09. The van der Waals surface area contributed by atoms with Gasteiger partial charge in [-0.25, -0.2) is 0 Å². The molecule has 1 fully saturated rings. The van der Waals surface area contributed by atoms with Gasteiger partial charge in [0.1, 0.15) is 0 Å². The number of anilines is 1. The van der Waals surface area contributed by atoms with E-state index in [4.69, 9.17) is 0 Å². The third kappa shape index (κ3) is 1.89. The molecule has 0 bridgehead atoms. The van der Waals surface area contributed by atoms with Gasteiger partial charge in [0, 0.05) is 0 Å². The molecular formula is C11H13AsN4O. The summed E-state index contributed by atoms with van der Waals surface area (Å²) in [4.78, 5) is 6.66. The summed E-state index contributed by atoms with van der Waals surface area (Å²) in [7, 11) is 0. The first-order valence-corrected chi connectivity index (χ1v) is 7.26.